The molecule has 0 amide bonds. The second kappa shape index (κ2) is 13.7. The molecule has 0 fully saturated rings. The van der Waals surface area contributed by atoms with Crippen LogP contribution in [0, 0.1) is 5.92 Å². The molecular weight excluding hydrogens is 236 g/mol. The zero-order valence-corrected chi connectivity index (χ0v) is 12.9. The molecule has 2 heteroatoms. The largest absolute Gasteiger partial charge is 0.499 e. The second-order valence-electron chi connectivity index (χ2n) is 5.08. The first kappa shape index (κ1) is 18.2. The number of hydrogen-bond acceptors (Lipinski definition) is 2. The molecule has 0 aromatic carbocycles. The lowest BCUT2D eigenvalue weighted by Crippen LogP contribution is -2.17. The van der Waals surface area contributed by atoms with Crippen LogP contribution in [-0.2, 0) is 9.47 Å². The lowest BCUT2D eigenvalue weighted by Gasteiger charge is -2.22. The van der Waals surface area contributed by atoms with Crippen molar-refractivity contribution < 1.29 is 9.47 Å². The molecule has 0 N–H and O–H groups in total. The van der Waals surface area contributed by atoms with E-state index in [9.17, 15) is 0 Å². The Morgan fingerprint density at radius 1 is 1.11 bits per heavy atom. The predicted octanol–water partition coefficient (Wildman–Crippen LogP) is 5.10. The molecule has 0 radical (unpaired) electrons. The number of ether oxygens (including phenoxy) is 2. The third kappa shape index (κ3) is 10.8. The smallest absolute Gasteiger partial charge is 0.0980 e. The van der Waals surface area contributed by atoms with Crippen molar-refractivity contribution in [2.45, 2.75) is 64.9 Å². The highest BCUT2D eigenvalue weighted by molar-refractivity contribution is 4.70. The van der Waals surface area contributed by atoms with E-state index in [0.29, 0.717) is 18.6 Å². The first-order chi connectivity index (χ1) is 9.28. The number of rotatable bonds is 14. The topological polar surface area (TPSA) is 18.5 Å². The molecule has 2 nitrogen and oxygen atoms in total. The van der Waals surface area contributed by atoms with Crippen LogP contribution in [0.25, 0.3) is 0 Å². The molecular formula is C17H32O2. The third-order valence-electron chi connectivity index (χ3n) is 3.50. The maximum atomic E-state index is 5.66. The quantitative estimate of drug-likeness (QED) is 0.248. The van der Waals surface area contributed by atoms with E-state index in [1.54, 1.807) is 12.3 Å². The lowest BCUT2D eigenvalue weighted by molar-refractivity contribution is 0.0893. The van der Waals surface area contributed by atoms with Gasteiger partial charge in [-0.15, -0.1) is 6.58 Å². The van der Waals surface area contributed by atoms with Gasteiger partial charge in [0.05, 0.1) is 19.0 Å². The van der Waals surface area contributed by atoms with Crippen molar-refractivity contribution in [1.82, 2.24) is 0 Å². The van der Waals surface area contributed by atoms with Crippen LogP contribution >= 0.6 is 0 Å². The molecule has 0 saturated heterocycles. The summed E-state index contributed by atoms with van der Waals surface area (Å²) in [7, 11) is 0. The van der Waals surface area contributed by atoms with Crippen molar-refractivity contribution in [3.8, 4) is 0 Å². The SMILES string of the molecule is C=CCOCCC(CC)CC(CCCCC)OC=C. The molecule has 0 bridgehead atoms. The monoisotopic (exact) mass is 268 g/mol. The van der Waals surface area contributed by atoms with E-state index in [4.69, 9.17) is 9.47 Å². The predicted molar refractivity (Wildman–Crippen MR) is 83.2 cm³/mol. The van der Waals surface area contributed by atoms with E-state index in [2.05, 4.69) is 27.0 Å². The summed E-state index contributed by atoms with van der Waals surface area (Å²) < 4.78 is 11.1. The van der Waals surface area contributed by atoms with Gasteiger partial charge in [0.1, 0.15) is 0 Å². The second-order valence-corrected chi connectivity index (χ2v) is 5.08. The van der Waals surface area contributed by atoms with Crippen LogP contribution in [0.1, 0.15) is 58.8 Å². The fraction of sp³-hybridized carbons (Fsp3) is 0.765. The van der Waals surface area contributed by atoms with Gasteiger partial charge in [0.25, 0.3) is 0 Å². The maximum absolute atomic E-state index is 5.66. The van der Waals surface area contributed by atoms with Gasteiger partial charge in [0, 0.05) is 6.61 Å². The average Bonchev–Trinajstić information content (AvgIpc) is 2.42. The molecule has 112 valence electrons. The molecule has 2 atom stereocenters. The highest BCUT2D eigenvalue weighted by Crippen LogP contribution is 2.21. The lowest BCUT2D eigenvalue weighted by atomic mass is 9.93. The maximum Gasteiger partial charge on any atom is 0.0980 e. The van der Waals surface area contributed by atoms with Crippen LogP contribution in [0.2, 0.25) is 0 Å². The summed E-state index contributed by atoms with van der Waals surface area (Å²) in [6, 6.07) is 0. The molecule has 0 aromatic rings. The Hall–Kier alpha value is -0.760. The van der Waals surface area contributed by atoms with E-state index >= 15 is 0 Å². The van der Waals surface area contributed by atoms with Gasteiger partial charge in [0.2, 0.25) is 0 Å². The van der Waals surface area contributed by atoms with E-state index < -0.39 is 0 Å². The molecule has 0 saturated carbocycles. The minimum absolute atomic E-state index is 0.327. The van der Waals surface area contributed by atoms with Crippen molar-refractivity contribution in [2.75, 3.05) is 13.2 Å². The van der Waals surface area contributed by atoms with E-state index in [-0.39, 0.29) is 0 Å². The minimum Gasteiger partial charge on any atom is -0.499 e. The Kier molecular flexibility index (Phi) is 13.1. The van der Waals surface area contributed by atoms with Gasteiger partial charge in [-0.1, -0.05) is 45.8 Å². The first-order valence-electron chi connectivity index (χ1n) is 7.73. The summed E-state index contributed by atoms with van der Waals surface area (Å²) in [5, 5.41) is 0. The van der Waals surface area contributed by atoms with Crippen molar-refractivity contribution in [3.63, 3.8) is 0 Å². The zero-order chi connectivity index (χ0) is 14.3. The van der Waals surface area contributed by atoms with Crippen LogP contribution < -0.4 is 0 Å². The summed E-state index contributed by atoms with van der Waals surface area (Å²) in [4.78, 5) is 0. The van der Waals surface area contributed by atoms with Crippen molar-refractivity contribution in [2.24, 2.45) is 5.92 Å². The van der Waals surface area contributed by atoms with Crippen LogP contribution in [-0.4, -0.2) is 19.3 Å². The standard InChI is InChI=1S/C17H32O2/c1-5-9-10-11-17(19-8-4)15-16(7-3)12-14-18-13-6-2/h6,8,16-17H,2,4-5,7,9-15H2,1,3H3. The molecule has 0 aromatic heterocycles. The normalized spacial score (nSPS) is 13.8. The fourth-order valence-corrected chi connectivity index (χ4v) is 2.28. The first-order valence-corrected chi connectivity index (χ1v) is 7.73. The van der Waals surface area contributed by atoms with Crippen LogP contribution in [0.3, 0.4) is 0 Å². The highest BCUT2D eigenvalue weighted by atomic mass is 16.5. The molecule has 0 aliphatic heterocycles. The summed E-state index contributed by atoms with van der Waals surface area (Å²) in [6.45, 7) is 13.3. The molecule has 0 spiro atoms. The molecule has 19 heavy (non-hydrogen) atoms. The number of hydrogen-bond donors (Lipinski definition) is 0. The van der Waals surface area contributed by atoms with Gasteiger partial charge < -0.3 is 9.47 Å². The Bertz CT molecular complexity index is 213. The molecule has 0 aliphatic rings. The Morgan fingerprint density at radius 3 is 2.47 bits per heavy atom. The molecule has 0 heterocycles. The molecule has 0 aliphatic carbocycles. The average molecular weight is 268 g/mol. The Labute approximate surface area is 119 Å². The Balaban J connectivity index is 3.96. The van der Waals surface area contributed by atoms with Gasteiger partial charge >= 0.3 is 0 Å². The van der Waals surface area contributed by atoms with Gasteiger partial charge in [-0.05, 0) is 31.6 Å². The fourth-order valence-electron chi connectivity index (χ4n) is 2.28. The van der Waals surface area contributed by atoms with Crippen molar-refractivity contribution in [3.05, 3.63) is 25.5 Å². The van der Waals surface area contributed by atoms with E-state index in [0.717, 1.165) is 25.9 Å². The zero-order valence-electron chi connectivity index (χ0n) is 12.9. The summed E-state index contributed by atoms with van der Waals surface area (Å²) in [6.07, 6.45) is 12.1. The van der Waals surface area contributed by atoms with Crippen LogP contribution in [0.4, 0.5) is 0 Å². The van der Waals surface area contributed by atoms with Gasteiger partial charge in [0.15, 0.2) is 0 Å². The summed E-state index contributed by atoms with van der Waals surface area (Å²) >= 11 is 0. The van der Waals surface area contributed by atoms with Crippen molar-refractivity contribution in [1.29, 1.82) is 0 Å². The van der Waals surface area contributed by atoms with Gasteiger partial charge in [-0.2, -0.15) is 0 Å². The summed E-state index contributed by atoms with van der Waals surface area (Å²) in [5.74, 6) is 0.677. The third-order valence-corrected chi connectivity index (χ3v) is 3.50. The number of unbranched alkanes of at least 4 members (excludes halogenated alkanes) is 2. The highest BCUT2D eigenvalue weighted by Gasteiger charge is 2.15. The minimum atomic E-state index is 0.327. The summed E-state index contributed by atoms with van der Waals surface area (Å²) in [5.41, 5.74) is 0. The van der Waals surface area contributed by atoms with Gasteiger partial charge in [-0.25, -0.2) is 0 Å². The van der Waals surface area contributed by atoms with Crippen LogP contribution in [0.15, 0.2) is 25.5 Å². The van der Waals surface area contributed by atoms with Gasteiger partial charge in [-0.3, -0.25) is 0 Å². The Morgan fingerprint density at radius 2 is 1.89 bits per heavy atom. The van der Waals surface area contributed by atoms with Crippen LogP contribution in [0.5, 0.6) is 0 Å². The molecule has 0 rings (SSSR count). The van der Waals surface area contributed by atoms with E-state index in [1.165, 1.54) is 25.7 Å². The van der Waals surface area contributed by atoms with Crippen molar-refractivity contribution >= 4 is 0 Å². The molecule has 2 unspecified atom stereocenters. The van der Waals surface area contributed by atoms with E-state index in [1.807, 2.05) is 0 Å².